The Bertz CT molecular complexity index is 554. The van der Waals surface area contributed by atoms with Crippen LogP contribution in [0.5, 0.6) is 0 Å². The van der Waals surface area contributed by atoms with Crippen molar-refractivity contribution in [1.82, 2.24) is 0 Å². The van der Waals surface area contributed by atoms with Gasteiger partial charge in [-0.05, 0) is 52.4 Å². The smallest absolute Gasteiger partial charge is 0.336 e. The van der Waals surface area contributed by atoms with Gasteiger partial charge in [0, 0.05) is 11.5 Å². The molecule has 2 aliphatic rings. The lowest BCUT2D eigenvalue weighted by Gasteiger charge is -2.34. The molecule has 5 atom stereocenters. The van der Waals surface area contributed by atoms with Gasteiger partial charge >= 0.3 is 5.97 Å². The molecule has 0 aromatic heterocycles. The minimum Gasteiger partial charge on any atom is -0.432 e. The van der Waals surface area contributed by atoms with E-state index in [1.54, 1.807) is 0 Å². The monoisotopic (exact) mass is 334 g/mol. The fraction of sp³-hybridized carbons (Fsp3) is 0.650. The summed E-state index contributed by atoms with van der Waals surface area (Å²) in [4.78, 5) is 12.1. The molecular formula is C20H30O4. The van der Waals surface area contributed by atoms with E-state index in [-0.39, 0.29) is 11.8 Å². The zero-order valence-electron chi connectivity index (χ0n) is 15.2. The number of carbonyl (C=O) groups is 1. The Morgan fingerprint density at radius 3 is 2.75 bits per heavy atom. The van der Waals surface area contributed by atoms with Crippen molar-refractivity contribution in [2.45, 2.75) is 65.8 Å². The molecule has 2 rings (SSSR count). The summed E-state index contributed by atoms with van der Waals surface area (Å²) in [5.74, 6) is -0.939. The van der Waals surface area contributed by atoms with Crippen LogP contribution in [0.3, 0.4) is 0 Å². The van der Waals surface area contributed by atoms with E-state index in [1.807, 2.05) is 19.1 Å². The lowest BCUT2D eigenvalue weighted by molar-refractivity contribution is -0.159. The number of carbonyl (C=O) groups excluding carboxylic acids is 1. The number of hydrogen-bond donors (Lipinski definition) is 2. The summed E-state index contributed by atoms with van der Waals surface area (Å²) in [6, 6.07) is 0. The lowest BCUT2D eigenvalue weighted by atomic mass is 9.73. The Morgan fingerprint density at radius 2 is 2.08 bits per heavy atom. The molecule has 0 bridgehead atoms. The number of aliphatic hydroxyl groups is 2. The highest BCUT2D eigenvalue weighted by atomic mass is 16.6. The number of cyclic esters (lactones) is 1. The van der Waals surface area contributed by atoms with Gasteiger partial charge in [-0.25, -0.2) is 4.79 Å². The molecule has 1 aliphatic carbocycles. The summed E-state index contributed by atoms with van der Waals surface area (Å²) in [7, 11) is 0. The summed E-state index contributed by atoms with van der Waals surface area (Å²) < 4.78 is 5.06. The summed E-state index contributed by atoms with van der Waals surface area (Å²) in [6.07, 6.45) is 7.33. The molecule has 1 unspecified atom stereocenters. The van der Waals surface area contributed by atoms with Crippen molar-refractivity contribution in [2.75, 3.05) is 0 Å². The highest BCUT2D eigenvalue weighted by Gasteiger charge is 2.47. The van der Waals surface area contributed by atoms with Crippen molar-refractivity contribution in [1.29, 1.82) is 0 Å². The van der Waals surface area contributed by atoms with Gasteiger partial charge in [-0.3, -0.25) is 0 Å². The van der Waals surface area contributed by atoms with E-state index in [2.05, 4.69) is 26.8 Å². The van der Waals surface area contributed by atoms with Crippen LogP contribution in [0.15, 0.2) is 34.9 Å². The molecule has 0 saturated carbocycles. The summed E-state index contributed by atoms with van der Waals surface area (Å²) >= 11 is 0. The van der Waals surface area contributed by atoms with E-state index in [1.165, 1.54) is 5.57 Å². The van der Waals surface area contributed by atoms with Gasteiger partial charge in [0.15, 0.2) is 0 Å². The molecule has 1 heterocycles. The number of esters is 1. The first-order valence-electron chi connectivity index (χ1n) is 8.87. The number of aliphatic hydroxyl groups excluding tert-OH is 2. The molecule has 1 saturated heterocycles. The molecule has 2 N–H and O–H groups in total. The van der Waals surface area contributed by atoms with Crippen LogP contribution in [-0.4, -0.2) is 28.6 Å². The molecular weight excluding hydrogens is 304 g/mol. The molecule has 0 aromatic carbocycles. The fourth-order valence-corrected chi connectivity index (χ4v) is 3.89. The van der Waals surface area contributed by atoms with E-state index in [9.17, 15) is 15.0 Å². The quantitative estimate of drug-likeness (QED) is 0.610. The average Bonchev–Trinajstić information content (AvgIpc) is 2.76. The van der Waals surface area contributed by atoms with Gasteiger partial charge in [0.1, 0.15) is 0 Å². The van der Waals surface area contributed by atoms with Gasteiger partial charge in [0.05, 0.1) is 12.0 Å². The zero-order valence-corrected chi connectivity index (χ0v) is 15.2. The van der Waals surface area contributed by atoms with Crippen molar-refractivity contribution in [3.05, 3.63) is 34.9 Å². The normalized spacial score (nSPS) is 31.7. The fourth-order valence-electron chi connectivity index (χ4n) is 3.89. The Kier molecular flexibility index (Phi) is 6.41. The number of fused-ring (bicyclic) bond motifs is 1. The number of rotatable bonds is 4. The standard InChI is InChI=1S/C20H30O4/c1-12(2)7-5-9-14(4)17-16(21)11-13(3)8-6-10-15-18(17)20(23)24-19(15)22/h7-8,10,14,16-18,20-21,23H,5-6,9,11H2,1-4H3/t14?,16-,17-,18-,20-/m0/s1. The average molecular weight is 334 g/mol. The first kappa shape index (κ1) is 18.9. The first-order chi connectivity index (χ1) is 11.3. The second-order valence-electron chi connectivity index (χ2n) is 7.45. The van der Waals surface area contributed by atoms with E-state index in [0.29, 0.717) is 18.4 Å². The molecule has 134 valence electrons. The van der Waals surface area contributed by atoms with Gasteiger partial charge in [-0.2, -0.15) is 0 Å². The molecule has 0 radical (unpaired) electrons. The topological polar surface area (TPSA) is 66.8 Å². The summed E-state index contributed by atoms with van der Waals surface area (Å²) in [5, 5.41) is 21.1. The third-order valence-electron chi connectivity index (χ3n) is 5.16. The van der Waals surface area contributed by atoms with Crippen molar-refractivity contribution in [2.24, 2.45) is 17.8 Å². The van der Waals surface area contributed by atoms with E-state index >= 15 is 0 Å². The molecule has 24 heavy (non-hydrogen) atoms. The SMILES string of the molecule is CC(C)=CCCC(C)[C@@H]1[C@@H]2C(=CCC=C(C)C[C@@H]1O)C(=O)O[C@@H]2O. The van der Waals surface area contributed by atoms with Crippen LogP contribution in [-0.2, 0) is 9.53 Å². The number of hydrogen-bond acceptors (Lipinski definition) is 4. The number of allylic oxidation sites excluding steroid dienone is 4. The Hall–Kier alpha value is -1.39. The van der Waals surface area contributed by atoms with Crippen LogP contribution in [0.4, 0.5) is 0 Å². The molecule has 0 aromatic rings. The van der Waals surface area contributed by atoms with Crippen molar-refractivity contribution in [3.8, 4) is 0 Å². The Morgan fingerprint density at radius 1 is 1.38 bits per heavy atom. The van der Waals surface area contributed by atoms with Crippen LogP contribution in [0.1, 0.15) is 53.4 Å². The maximum Gasteiger partial charge on any atom is 0.336 e. The van der Waals surface area contributed by atoms with Crippen molar-refractivity contribution < 1.29 is 19.7 Å². The third kappa shape index (κ3) is 4.37. The molecule has 0 spiro atoms. The minimum absolute atomic E-state index is 0.166. The van der Waals surface area contributed by atoms with E-state index in [4.69, 9.17) is 4.74 Å². The molecule has 4 heteroatoms. The third-order valence-corrected chi connectivity index (χ3v) is 5.16. The predicted octanol–water partition coefficient (Wildman–Crippen LogP) is 3.50. The molecule has 4 nitrogen and oxygen atoms in total. The summed E-state index contributed by atoms with van der Waals surface area (Å²) in [6.45, 7) is 8.24. The highest BCUT2D eigenvalue weighted by Crippen LogP contribution is 2.42. The maximum absolute atomic E-state index is 12.1. The van der Waals surface area contributed by atoms with Crippen LogP contribution in [0.25, 0.3) is 0 Å². The number of ether oxygens (including phenoxy) is 1. The lowest BCUT2D eigenvalue weighted by Crippen LogP contribution is -2.38. The van der Waals surface area contributed by atoms with Crippen LogP contribution >= 0.6 is 0 Å². The first-order valence-corrected chi connectivity index (χ1v) is 8.87. The van der Waals surface area contributed by atoms with Gasteiger partial charge in [0.2, 0.25) is 6.29 Å². The molecule has 0 amide bonds. The largest absolute Gasteiger partial charge is 0.432 e. The maximum atomic E-state index is 12.1. The van der Waals surface area contributed by atoms with Crippen molar-refractivity contribution in [3.63, 3.8) is 0 Å². The summed E-state index contributed by atoms with van der Waals surface area (Å²) in [5.41, 5.74) is 2.91. The second-order valence-corrected chi connectivity index (χ2v) is 7.45. The minimum atomic E-state index is -1.16. The zero-order chi connectivity index (χ0) is 17.9. The van der Waals surface area contributed by atoms with Crippen LogP contribution < -0.4 is 0 Å². The Balaban J connectivity index is 2.30. The van der Waals surface area contributed by atoms with Gasteiger partial charge < -0.3 is 14.9 Å². The van der Waals surface area contributed by atoms with Gasteiger partial charge in [-0.15, -0.1) is 0 Å². The highest BCUT2D eigenvalue weighted by molar-refractivity contribution is 5.91. The second kappa shape index (κ2) is 8.13. The van der Waals surface area contributed by atoms with E-state index < -0.39 is 24.3 Å². The molecule has 1 fully saturated rings. The predicted molar refractivity (Wildman–Crippen MR) is 94.0 cm³/mol. The molecule has 1 aliphatic heterocycles. The van der Waals surface area contributed by atoms with Gasteiger partial charge in [0.25, 0.3) is 0 Å². The van der Waals surface area contributed by atoms with Gasteiger partial charge in [-0.1, -0.05) is 36.3 Å². The Labute approximate surface area is 144 Å². The van der Waals surface area contributed by atoms with Crippen LogP contribution in [0, 0.1) is 17.8 Å². The van der Waals surface area contributed by atoms with Crippen LogP contribution in [0.2, 0.25) is 0 Å². The van der Waals surface area contributed by atoms with Crippen molar-refractivity contribution >= 4 is 5.97 Å². The van der Waals surface area contributed by atoms with E-state index in [0.717, 1.165) is 18.4 Å².